The number of hydrogen-bond acceptors (Lipinski definition) is 3. The van der Waals surface area contributed by atoms with Crippen molar-refractivity contribution in [3.8, 4) is 0 Å². The molecule has 1 atom stereocenters. The van der Waals surface area contributed by atoms with Crippen LogP contribution in [0.5, 0.6) is 0 Å². The van der Waals surface area contributed by atoms with Gasteiger partial charge in [-0.25, -0.2) is 4.39 Å². The summed E-state index contributed by atoms with van der Waals surface area (Å²) in [4.78, 5) is 24.5. The zero-order valence-electron chi connectivity index (χ0n) is 16.0. The molecular formula is C23H22FN3O2. The Morgan fingerprint density at radius 3 is 2.14 bits per heavy atom. The molecule has 2 amide bonds. The van der Waals surface area contributed by atoms with Crippen LogP contribution in [0.25, 0.3) is 0 Å². The van der Waals surface area contributed by atoms with E-state index in [1.807, 2.05) is 37.3 Å². The molecule has 0 aliphatic carbocycles. The van der Waals surface area contributed by atoms with Crippen LogP contribution in [0.2, 0.25) is 0 Å². The first-order chi connectivity index (χ1) is 14.0. The van der Waals surface area contributed by atoms with Gasteiger partial charge in [0, 0.05) is 16.9 Å². The Kier molecular flexibility index (Phi) is 6.58. The second-order valence-corrected chi connectivity index (χ2v) is 6.59. The molecule has 0 bridgehead atoms. The minimum atomic E-state index is -0.331. The van der Waals surface area contributed by atoms with Crippen LogP contribution < -0.4 is 16.0 Å². The number of hydrogen-bond donors (Lipinski definition) is 3. The van der Waals surface area contributed by atoms with Crippen LogP contribution in [0, 0.1) is 5.82 Å². The van der Waals surface area contributed by atoms with Gasteiger partial charge in [0.05, 0.1) is 12.6 Å². The van der Waals surface area contributed by atoms with Gasteiger partial charge in [0.2, 0.25) is 5.91 Å². The van der Waals surface area contributed by atoms with Gasteiger partial charge in [-0.3, -0.25) is 9.59 Å². The van der Waals surface area contributed by atoms with Crippen LogP contribution in [0.3, 0.4) is 0 Å². The van der Waals surface area contributed by atoms with Crippen molar-refractivity contribution < 1.29 is 14.0 Å². The molecule has 0 spiro atoms. The highest BCUT2D eigenvalue weighted by Crippen LogP contribution is 2.14. The molecule has 0 heterocycles. The first-order valence-electron chi connectivity index (χ1n) is 9.26. The summed E-state index contributed by atoms with van der Waals surface area (Å²) in [5.74, 6) is -0.760. The summed E-state index contributed by atoms with van der Waals surface area (Å²) in [7, 11) is 0. The molecule has 0 aliphatic rings. The minimum Gasteiger partial charge on any atom is -0.376 e. The molecule has 0 fully saturated rings. The highest BCUT2D eigenvalue weighted by molar-refractivity contribution is 5.96. The summed E-state index contributed by atoms with van der Waals surface area (Å²) in [6, 6.07) is 22.1. The average molecular weight is 391 g/mol. The van der Waals surface area contributed by atoms with E-state index < -0.39 is 0 Å². The summed E-state index contributed by atoms with van der Waals surface area (Å²) in [6.07, 6.45) is 0. The van der Waals surface area contributed by atoms with Crippen molar-refractivity contribution in [2.24, 2.45) is 0 Å². The fourth-order valence-corrected chi connectivity index (χ4v) is 2.77. The average Bonchev–Trinajstić information content (AvgIpc) is 2.74. The van der Waals surface area contributed by atoms with Crippen molar-refractivity contribution in [2.45, 2.75) is 13.0 Å². The smallest absolute Gasteiger partial charge is 0.251 e. The zero-order chi connectivity index (χ0) is 20.6. The van der Waals surface area contributed by atoms with E-state index in [1.54, 1.807) is 36.4 Å². The SMILES string of the molecule is CC(NC(=O)c1ccc(NC(=O)CNc2ccc(F)cc2)cc1)c1ccccc1. The Bertz CT molecular complexity index is 958. The van der Waals surface area contributed by atoms with Gasteiger partial charge >= 0.3 is 0 Å². The number of carbonyl (C=O) groups is 2. The highest BCUT2D eigenvalue weighted by Gasteiger charge is 2.11. The Morgan fingerprint density at radius 2 is 1.48 bits per heavy atom. The number of anilines is 2. The molecule has 0 radical (unpaired) electrons. The van der Waals surface area contributed by atoms with Crippen molar-refractivity contribution in [3.05, 3.63) is 95.8 Å². The third-order valence-corrected chi connectivity index (χ3v) is 4.38. The lowest BCUT2D eigenvalue weighted by atomic mass is 10.1. The summed E-state index contributed by atoms with van der Waals surface area (Å²) in [5, 5.41) is 8.62. The van der Waals surface area contributed by atoms with Gasteiger partial charge in [0.15, 0.2) is 0 Å². The Hall–Kier alpha value is -3.67. The molecule has 0 saturated heterocycles. The third kappa shape index (κ3) is 5.90. The number of halogens is 1. The monoisotopic (exact) mass is 391 g/mol. The number of amides is 2. The predicted octanol–water partition coefficient (Wildman–Crippen LogP) is 4.37. The quantitative estimate of drug-likeness (QED) is 0.560. The van der Waals surface area contributed by atoms with Crippen molar-refractivity contribution in [1.82, 2.24) is 5.32 Å². The topological polar surface area (TPSA) is 70.2 Å². The van der Waals surface area contributed by atoms with E-state index >= 15 is 0 Å². The molecule has 29 heavy (non-hydrogen) atoms. The molecule has 5 nitrogen and oxygen atoms in total. The van der Waals surface area contributed by atoms with Gasteiger partial charge in [0.25, 0.3) is 5.91 Å². The Labute approximate surface area is 169 Å². The van der Waals surface area contributed by atoms with Gasteiger partial charge < -0.3 is 16.0 Å². The van der Waals surface area contributed by atoms with Crippen LogP contribution >= 0.6 is 0 Å². The van der Waals surface area contributed by atoms with Gasteiger partial charge in [-0.15, -0.1) is 0 Å². The maximum absolute atomic E-state index is 12.9. The predicted molar refractivity (Wildman–Crippen MR) is 112 cm³/mol. The van der Waals surface area contributed by atoms with Crippen LogP contribution in [0.4, 0.5) is 15.8 Å². The summed E-state index contributed by atoms with van der Waals surface area (Å²) >= 11 is 0. The van der Waals surface area contributed by atoms with Gasteiger partial charge in [-0.05, 0) is 61.0 Å². The number of rotatable bonds is 7. The molecular weight excluding hydrogens is 369 g/mol. The molecule has 0 aliphatic heterocycles. The third-order valence-electron chi connectivity index (χ3n) is 4.38. The summed E-state index contributed by atoms with van der Waals surface area (Å²) < 4.78 is 12.9. The van der Waals surface area contributed by atoms with Crippen LogP contribution in [0.15, 0.2) is 78.9 Å². The largest absolute Gasteiger partial charge is 0.376 e. The lowest BCUT2D eigenvalue weighted by Gasteiger charge is -2.14. The lowest BCUT2D eigenvalue weighted by Crippen LogP contribution is -2.26. The van der Waals surface area contributed by atoms with E-state index in [0.717, 1.165) is 5.56 Å². The standard InChI is InChI=1S/C23H22FN3O2/c1-16(17-5-3-2-4-6-17)26-23(29)18-7-11-21(12-8-18)27-22(28)15-25-20-13-9-19(24)10-14-20/h2-14,16,25H,15H2,1H3,(H,26,29)(H,27,28). The van der Waals surface area contributed by atoms with Gasteiger partial charge in [0.1, 0.15) is 5.82 Å². The Balaban J connectivity index is 1.50. The van der Waals surface area contributed by atoms with Crippen molar-refractivity contribution in [1.29, 1.82) is 0 Å². The van der Waals surface area contributed by atoms with E-state index in [2.05, 4.69) is 16.0 Å². The fraction of sp³-hybridized carbons (Fsp3) is 0.130. The number of nitrogens with one attached hydrogen (secondary N) is 3. The van der Waals surface area contributed by atoms with E-state index in [1.165, 1.54) is 12.1 Å². The van der Waals surface area contributed by atoms with Crippen molar-refractivity contribution >= 4 is 23.2 Å². The highest BCUT2D eigenvalue weighted by atomic mass is 19.1. The maximum atomic E-state index is 12.9. The minimum absolute atomic E-state index is 0.0441. The van der Waals surface area contributed by atoms with Crippen LogP contribution in [-0.4, -0.2) is 18.4 Å². The second-order valence-electron chi connectivity index (χ2n) is 6.59. The molecule has 1 unspecified atom stereocenters. The van der Waals surface area contributed by atoms with E-state index in [0.29, 0.717) is 16.9 Å². The van der Waals surface area contributed by atoms with Crippen LogP contribution in [-0.2, 0) is 4.79 Å². The van der Waals surface area contributed by atoms with E-state index in [4.69, 9.17) is 0 Å². The molecule has 3 N–H and O–H groups in total. The van der Waals surface area contributed by atoms with Crippen molar-refractivity contribution in [2.75, 3.05) is 17.2 Å². The van der Waals surface area contributed by atoms with E-state index in [-0.39, 0.29) is 30.2 Å². The molecule has 0 saturated carbocycles. The first kappa shape index (κ1) is 20.1. The molecule has 3 aromatic rings. The maximum Gasteiger partial charge on any atom is 0.251 e. The molecule has 3 rings (SSSR count). The molecule has 0 aromatic heterocycles. The number of benzene rings is 3. The first-order valence-corrected chi connectivity index (χ1v) is 9.26. The van der Waals surface area contributed by atoms with E-state index in [9.17, 15) is 14.0 Å². The second kappa shape index (κ2) is 9.50. The fourth-order valence-electron chi connectivity index (χ4n) is 2.77. The molecule has 148 valence electrons. The number of carbonyl (C=O) groups excluding carboxylic acids is 2. The summed E-state index contributed by atoms with van der Waals surface area (Å²) in [6.45, 7) is 1.97. The van der Waals surface area contributed by atoms with Gasteiger partial charge in [-0.2, -0.15) is 0 Å². The zero-order valence-corrected chi connectivity index (χ0v) is 16.0. The molecule has 3 aromatic carbocycles. The summed E-state index contributed by atoms with van der Waals surface area (Å²) in [5.41, 5.74) is 2.78. The molecule has 6 heteroatoms. The Morgan fingerprint density at radius 1 is 0.862 bits per heavy atom. The van der Waals surface area contributed by atoms with Crippen molar-refractivity contribution in [3.63, 3.8) is 0 Å². The van der Waals surface area contributed by atoms with Crippen LogP contribution in [0.1, 0.15) is 28.9 Å². The lowest BCUT2D eigenvalue weighted by molar-refractivity contribution is -0.114. The normalized spacial score (nSPS) is 11.4. The van der Waals surface area contributed by atoms with Gasteiger partial charge in [-0.1, -0.05) is 30.3 Å².